The lowest BCUT2D eigenvalue weighted by Gasteiger charge is -2.19. The minimum Gasteiger partial charge on any atom is -0.482 e. The molecule has 0 aliphatic carbocycles. The monoisotopic (exact) mass is 298 g/mol. The summed E-state index contributed by atoms with van der Waals surface area (Å²) in [6.07, 6.45) is 4.63. The summed E-state index contributed by atoms with van der Waals surface area (Å²) in [5, 5.41) is 4.19. The van der Waals surface area contributed by atoms with Crippen LogP contribution < -0.4 is 10.5 Å². The van der Waals surface area contributed by atoms with Gasteiger partial charge in [0, 0.05) is 24.2 Å². The fraction of sp³-hybridized carbons (Fsp3) is 0.125. The first-order chi connectivity index (χ1) is 10.6. The van der Waals surface area contributed by atoms with E-state index in [0.717, 1.165) is 5.69 Å². The second-order valence-electron chi connectivity index (χ2n) is 4.80. The van der Waals surface area contributed by atoms with Gasteiger partial charge < -0.3 is 10.5 Å². The number of rotatable bonds is 4. The molecule has 0 saturated carbocycles. The number of anilines is 1. The van der Waals surface area contributed by atoms with Crippen molar-refractivity contribution in [3.63, 3.8) is 0 Å². The molecule has 0 spiro atoms. The van der Waals surface area contributed by atoms with Gasteiger partial charge in [-0.3, -0.25) is 0 Å². The Morgan fingerprint density at radius 1 is 1.23 bits per heavy atom. The Bertz CT molecular complexity index is 774. The van der Waals surface area contributed by atoms with E-state index in [4.69, 9.17) is 10.5 Å². The van der Waals surface area contributed by atoms with E-state index in [-0.39, 0.29) is 5.82 Å². The third-order valence-corrected chi connectivity index (χ3v) is 3.28. The standard InChI is InChI=1S/C16H15FN4O/c1-11(22-15-4-2-7-19-16(15)18)13-10-12(17)5-6-14(13)21-9-3-8-20-21/h2-11H,1H3,(H2,18,19)/t11-/m1/s1. The first kappa shape index (κ1) is 14.1. The lowest BCUT2D eigenvalue weighted by Crippen LogP contribution is -2.10. The van der Waals surface area contributed by atoms with E-state index in [1.165, 1.54) is 12.1 Å². The number of nitrogens with two attached hydrogens (primary N) is 1. The van der Waals surface area contributed by atoms with Gasteiger partial charge in [0.15, 0.2) is 11.6 Å². The summed E-state index contributed by atoms with van der Waals surface area (Å²) in [5.41, 5.74) is 7.21. The van der Waals surface area contributed by atoms with Gasteiger partial charge >= 0.3 is 0 Å². The van der Waals surface area contributed by atoms with Crippen molar-refractivity contribution in [2.75, 3.05) is 5.73 Å². The Hall–Kier alpha value is -2.89. The molecule has 112 valence electrons. The highest BCUT2D eigenvalue weighted by Crippen LogP contribution is 2.29. The highest BCUT2D eigenvalue weighted by atomic mass is 19.1. The van der Waals surface area contributed by atoms with Crippen LogP contribution in [0.2, 0.25) is 0 Å². The number of nitrogen functional groups attached to an aromatic ring is 1. The number of halogens is 1. The van der Waals surface area contributed by atoms with E-state index in [2.05, 4.69) is 10.1 Å². The van der Waals surface area contributed by atoms with E-state index in [1.807, 2.05) is 6.92 Å². The Morgan fingerprint density at radius 3 is 2.82 bits per heavy atom. The van der Waals surface area contributed by atoms with Gasteiger partial charge in [0.2, 0.25) is 0 Å². The van der Waals surface area contributed by atoms with Gasteiger partial charge in [-0.25, -0.2) is 14.1 Å². The summed E-state index contributed by atoms with van der Waals surface area (Å²) in [5.74, 6) is 0.428. The minimum absolute atomic E-state index is 0.298. The van der Waals surface area contributed by atoms with Crippen molar-refractivity contribution in [3.05, 3.63) is 66.4 Å². The van der Waals surface area contributed by atoms with Crippen molar-refractivity contribution in [2.45, 2.75) is 13.0 Å². The van der Waals surface area contributed by atoms with Crippen LogP contribution in [0.4, 0.5) is 10.2 Å². The van der Waals surface area contributed by atoms with Gasteiger partial charge in [0.1, 0.15) is 11.9 Å². The number of aromatic nitrogens is 3. The van der Waals surface area contributed by atoms with Crippen molar-refractivity contribution < 1.29 is 9.13 Å². The molecule has 2 heterocycles. The molecule has 3 rings (SSSR count). The third kappa shape index (κ3) is 2.76. The molecule has 1 atom stereocenters. The number of hydrogen-bond donors (Lipinski definition) is 1. The maximum atomic E-state index is 13.6. The number of nitrogens with zero attached hydrogens (tertiary/aromatic N) is 3. The van der Waals surface area contributed by atoms with Crippen molar-refractivity contribution in [1.29, 1.82) is 0 Å². The maximum Gasteiger partial charge on any atom is 0.166 e. The predicted molar refractivity (Wildman–Crippen MR) is 81.2 cm³/mol. The van der Waals surface area contributed by atoms with Crippen LogP contribution in [-0.2, 0) is 0 Å². The van der Waals surface area contributed by atoms with Gasteiger partial charge in [-0.2, -0.15) is 5.10 Å². The second-order valence-corrected chi connectivity index (χ2v) is 4.80. The summed E-state index contributed by atoms with van der Waals surface area (Å²) in [4.78, 5) is 3.98. The molecule has 0 aliphatic heterocycles. The lowest BCUT2D eigenvalue weighted by atomic mass is 10.1. The molecule has 2 aromatic heterocycles. The lowest BCUT2D eigenvalue weighted by molar-refractivity contribution is 0.226. The highest BCUT2D eigenvalue weighted by molar-refractivity contribution is 5.47. The van der Waals surface area contributed by atoms with Crippen LogP contribution in [0.15, 0.2) is 55.0 Å². The van der Waals surface area contributed by atoms with Gasteiger partial charge in [0.05, 0.1) is 5.69 Å². The topological polar surface area (TPSA) is 66.0 Å². The van der Waals surface area contributed by atoms with Crippen LogP contribution >= 0.6 is 0 Å². The fourth-order valence-electron chi connectivity index (χ4n) is 2.23. The molecular formula is C16H15FN4O. The van der Waals surface area contributed by atoms with Crippen LogP contribution in [0.25, 0.3) is 5.69 Å². The Labute approximate surface area is 127 Å². The molecule has 2 N–H and O–H groups in total. The van der Waals surface area contributed by atoms with Crippen molar-refractivity contribution >= 4 is 5.82 Å². The molecule has 0 saturated heterocycles. The molecule has 0 amide bonds. The smallest absolute Gasteiger partial charge is 0.166 e. The van der Waals surface area contributed by atoms with Crippen LogP contribution in [0.5, 0.6) is 5.75 Å². The van der Waals surface area contributed by atoms with E-state index < -0.39 is 6.10 Å². The average molecular weight is 298 g/mol. The predicted octanol–water partition coefficient (Wildman–Crippen LogP) is 3.13. The summed E-state index contributed by atoms with van der Waals surface area (Å²) >= 11 is 0. The zero-order chi connectivity index (χ0) is 15.5. The second kappa shape index (κ2) is 5.85. The largest absolute Gasteiger partial charge is 0.482 e. The molecule has 3 aromatic rings. The zero-order valence-electron chi connectivity index (χ0n) is 12.0. The summed E-state index contributed by atoms with van der Waals surface area (Å²) in [6.45, 7) is 1.83. The van der Waals surface area contributed by atoms with E-state index >= 15 is 0 Å². The summed E-state index contributed by atoms with van der Waals surface area (Å²) in [6, 6.07) is 9.77. The van der Waals surface area contributed by atoms with E-state index in [9.17, 15) is 4.39 Å². The van der Waals surface area contributed by atoms with E-state index in [0.29, 0.717) is 17.1 Å². The fourth-order valence-corrected chi connectivity index (χ4v) is 2.23. The Morgan fingerprint density at radius 2 is 2.09 bits per heavy atom. The number of ether oxygens (including phenoxy) is 1. The van der Waals surface area contributed by atoms with Crippen LogP contribution in [0.3, 0.4) is 0 Å². The molecule has 5 nitrogen and oxygen atoms in total. The zero-order valence-corrected chi connectivity index (χ0v) is 12.0. The van der Waals surface area contributed by atoms with Crippen LogP contribution in [0.1, 0.15) is 18.6 Å². The third-order valence-electron chi connectivity index (χ3n) is 3.28. The van der Waals surface area contributed by atoms with E-state index in [1.54, 1.807) is 47.5 Å². The SMILES string of the molecule is C[C@@H](Oc1cccnc1N)c1cc(F)ccc1-n1cccn1. The molecule has 22 heavy (non-hydrogen) atoms. The normalized spacial score (nSPS) is 12.1. The molecule has 0 fully saturated rings. The van der Waals surface area contributed by atoms with Crippen molar-refractivity contribution in [2.24, 2.45) is 0 Å². The van der Waals surface area contributed by atoms with Crippen LogP contribution in [-0.4, -0.2) is 14.8 Å². The van der Waals surface area contributed by atoms with Gasteiger partial charge in [0.25, 0.3) is 0 Å². The van der Waals surface area contributed by atoms with Crippen molar-refractivity contribution in [1.82, 2.24) is 14.8 Å². The minimum atomic E-state index is -0.415. The van der Waals surface area contributed by atoms with Crippen LogP contribution in [0, 0.1) is 5.82 Å². The molecule has 1 aromatic carbocycles. The maximum absolute atomic E-state index is 13.6. The molecule has 0 aliphatic rings. The molecule has 0 unspecified atom stereocenters. The quantitative estimate of drug-likeness (QED) is 0.803. The summed E-state index contributed by atoms with van der Waals surface area (Å²) < 4.78 is 21.1. The first-order valence-corrected chi connectivity index (χ1v) is 6.82. The Kier molecular flexibility index (Phi) is 3.74. The Balaban J connectivity index is 1.97. The average Bonchev–Trinajstić information content (AvgIpc) is 3.03. The number of benzene rings is 1. The first-order valence-electron chi connectivity index (χ1n) is 6.82. The van der Waals surface area contributed by atoms with Crippen molar-refractivity contribution in [3.8, 4) is 11.4 Å². The van der Waals surface area contributed by atoms with Gasteiger partial charge in [-0.15, -0.1) is 0 Å². The number of pyridine rings is 1. The molecule has 6 heteroatoms. The molecular weight excluding hydrogens is 283 g/mol. The molecule has 0 bridgehead atoms. The number of hydrogen-bond acceptors (Lipinski definition) is 4. The highest BCUT2D eigenvalue weighted by Gasteiger charge is 2.16. The van der Waals surface area contributed by atoms with Gasteiger partial charge in [-0.05, 0) is 43.3 Å². The summed E-state index contributed by atoms with van der Waals surface area (Å²) in [7, 11) is 0. The molecule has 0 radical (unpaired) electrons. The van der Waals surface area contributed by atoms with Gasteiger partial charge in [-0.1, -0.05) is 0 Å².